The molecule has 5 nitrogen and oxygen atoms in total. The zero-order valence-electron chi connectivity index (χ0n) is 10.6. The normalized spacial score (nSPS) is 31.7. The first kappa shape index (κ1) is 11.6. The zero-order valence-corrected chi connectivity index (χ0v) is 10.6. The number of nitrogens with two attached hydrogens (primary N) is 1. The van der Waals surface area contributed by atoms with Gasteiger partial charge in [-0.1, -0.05) is 6.42 Å². The molecule has 2 aliphatic carbocycles. The molecule has 0 aliphatic heterocycles. The maximum Gasteiger partial charge on any atom is 0.330 e. The summed E-state index contributed by atoms with van der Waals surface area (Å²) in [5, 5.41) is 0. The Morgan fingerprint density at radius 1 is 1.39 bits per heavy atom. The Morgan fingerprint density at radius 2 is 2.17 bits per heavy atom. The smallest absolute Gasteiger partial charge is 0.330 e. The van der Waals surface area contributed by atoms with Crippen LogP contribution >= 0.6 is 0 Å². The highest BCUT2D eigenvalue weighted by Crippen LogP contribution is 2.52. The maximum absolute atomic E-state index is 11.9. The lowest BCUT2D eigenvalue weighted by Crippen LogP contribution is -2.36. The molecule has 5 heteroatoms. The van der Waals surface area contributed by atoms with Crippen LogP contribution in [0.3, 0.4) is 0 Å². The SMILES string of the molecule is C[C@@H]([C@H]1C[C@@H]2CC[C@@H]1C2)n1c(N)cc(=O)[nH]c1=O. The summed E-state index contributed by atoms with van der Waals surface area (Å²) in [6.07, 6.45) is 5.10. The molecule has 0 saturated heterocycles. The average molecular weight is 249 g/mol. The van der Waals surface area contributed by atoms with Crippen molar-refractivity contribution in [1.29, 1.82) is 0 Å². The summed E-state index contributed by atoms with van der Waals surface area (Å²) in [7, 11) is 0. The van der Waals surface area contributed by atoms with Crippen molar-refractivity contribution in [2.75, 3.05) is 5.73 Å². The van der Waals surface area contributed by atoms with Gasteiger partial charge in [-0.25, -0.2) is 4.79 Å². The Balaban J connectivity index is 1.96. The molecule has 0 radical (unpaired) electrons. The van der Waals surface area contributed by atoms with Crippen molar-refractivity contribution in [2.45, 2.75) is 38.6 Å². The van der Waals surface area contributed by atoms with Gasteiger partial charge >= 0.3 is 5.69 Å². The predicted octanol–water partition coefficient (Wildman–Crippen LogP) is 1.12. The molecule has 0 aromatic carbocycles. The monoisotopic (exact) mass is 249 g/mol. The van der Waals surface area contributed by atoms with Crippen LogP contribution in [0.5, 0.6) is 0 Å². The molecule has 4 atom stereocenters. The summed E-state index contributed by atoms with van der Waals surface area (Å²) in [4.78, 5) is 25.4. The van der Waals surface area contributed by atoms with Crippen LogP contribution in [0.15, 0.2) is 15.7 Å². The predicted molar refractivity (Wildman–Crippen MR) is 69.4 cm³/mol. The van der Waals surface area contributed by atoms with Gasteiger partial charge in [-0.05, 0) is 43.9 Å². The fourth-order valence-electron chi connectivity index (χ4n) is 4.02. The number of anilines is 1. The number of rotatable bonds is 2. The van der Waals surface area contributed by atoms with Gasteiger partial charge in [-0.15, -0.1) is 0 Å². The molecule has 2 fully saturated rings. The molecule has 3 rings (SSSR count). The van der Waals surface area contributed by atoms with Crippen LogP contribution in [0.1, 0.15) is 38.6 Å². The van der Waals surface area contributed by atoms with Crippen molar-refractivity contribution >= 4 is 5.82 Å². The molecule has 1 aromatic heterocycles. The van der Waals surface area contributed by atoms with Gasteiger partial charge in [0.1, 0.15) is 5.82 Å². The first-order chi connectivity index (χ1) is 8.56. The van der Waals surface area contributed by atoms with E-state index in [-0.39, 0.29) is 17.5 Å². The fraction of sp³-hybridized carbons (Fsp3) is 0.692. The highest BCUT2D eigenvalue weighted by atomic mass is 16.2. The summed E-state index contributed by atoms with van der Waals surface area (Å²) < 4.78 is 1.55. The maximum atomic E-state index is 11.9. The molecule has 1 aromatic rings. The Hall–Kier alpha value is -1.52. The van der Waals surface area contributed by atoms with Crippen molar-refractivity contribution in [3.63, 3.8) is 0 Å². The Kier molecular flexibility index (Phi) is 2.57. The second-order valence-corrected chi connectivity index (χ2v) is 5.81. The van der Waals surface area contributed by atoms with E-state index in [1.165, 1.54) is 31.7 Å². The topological polar surface area (TPSA) is 80.9 Å². The molecule has 2 bridgehead atoms. The van der Waals surface area contributed by atoms with E-state index in [0.717, 1.165) is 11.8 Å². The van der Waals surface area contributed by atoms with E-state index in [0.29, 0.717) is 5.92 Å². The number of hydrogen-bond acceptors (Lipinski definition) is 3. The van der Waals surface area contributed by atoms with Crippen LogP contribution in [0.4, 0.5) is 5.82 Å². The van der Waals surface area contributed by atoms with E-state index < -0.39 is 5.56 Å². The first-order valence-corrected chi connectivity index (χ1v) is 6.67. The molecule has 0 amide bonds. The van der Waals surface area contributed by atoms with E-state index in [4.69, 9.17) is 5.73 Å². The second kappa shape index (κ2) is 4.00. The number of aromatic nitrogens is 2. The van der Waals surface area contributed by atoms with Gasteiger partial charge in [-0.2, -0.15) is 0 Å². The number of H-pyrrole nitrogens is 1. The molecule has 98 valence electrons. The number of nitrogen functional groups attached to an aromatic ring is 1. The van der Waals surface area contributed by atoms with Crippen LogP contribution in [0.2, 0.25) is 0 Å². The van der Waals surface area contributed by atoms with Crippen molar-refractivity contribution in [3.8, 4) is 0 Å². The van der Waals surface area contributed by atoms with Gasteiger partial charge in [0.05, 0.1) is 0 Å². The lowest BCUT2D eigenvalue weighted by Gasteiger charge is -2.29. The van der Waals surface area contributed by atoms with Crippen LogP contribution < -0.4 is 17.0 Å². The van der Waals surface area contributed by atoms with Gasteiger partial charge in [-0.3, -0.25) is 14.3 Å². The Bertz CT molecular complexity index is 574. The van der Waals surface area contributed by atoms with E-state index in [2.05, 4.69) is 4.98 Å². The van der Waals surface area contributed by atoms with Gasteiger partial charge in [0.25, 0.3) is 5.56 Å². The Morgan fingerprint density at radius 3 is 2.72 bits per heavy atom. The van der Waals surface area contributed by atoms with Crippen LogP contribution in [-0.2, 0) is 0 Å². The fourth-order valence-corrected chi connectivity index (χ4v) is 4.02. The van der Waals surface area contributed by atoms with Gasteiger partial charge in [0.2, 0.25) is 0 Å². The second-order valence-electron chi connectivity index (χ2n) is 5.81. The van der Waals surface area contributed by atoms with Crippen LogP contribution in [-0.4, -0.2) is 9.55 Å². The third kappa shape index (κ3) is 1.69. The molecule has 0 spiro atoms. The minimum atomic E-state index is -0.422. The third-order valence-corrected chi connectivity index (χ3v) is 4.83. The van der Waals surface area contributed by atoms with Gasteiger partial charge < -0.3 is 5.73 Å². The molecule has 2 saturated carbocycles. The van der Waals surface area contributed by atoms with Crippen LogP contribution in [0, 0.1) is 17.8 Å². The molecular weight excluding hydrogens is 230 g/mol. The van der Waals surface area contributed by atoms with Crippen molar-refractivity contribution in [1.82, 2.24) is 9.55 Å². The minimum absolute atomic E-state index is 0.0737. The highest BCUT2D eigenvalue weighted by molar-refractivity contribution is 5.27. The van der Waals surface area contributed by atoms with E-state index in [1.54, 1.807) is 4.57 Å². The number of nitrogens with one attached hydrogen (secondary N) is 1. The molecule has 0 unspecified atom stereocenters. The highest BCUT2D eigenvalue weighted by Gasteiger charge is 2.42. The standard InChI is InChI=1S/C13H19N3O2/c1-7(10-5-8-2-3-9(10)4-8)16-11(14)6-12(17)15-13(16)18/h6-10H,2-5,14H2,1H3,(H,15,17,18)/t7-,8+,9+,10+/m0/s1. The quantitative estimate of drug-likeness (QED) is 0.824. The minimum Gasteiger partial charge on any atom is -0.385 e. The number of nitrogens with zero attached hydrogens (tertiary/aromatic N) is 1. The van der Waals surface area contributed by atoms with Crippen molar-refractivity contribution in [3.05, 3.63) is 26.9 Å². The number of hydrogen-bond donors (Lipinski definition) is 2. The summed E-state index contributed by atoms with van der Waals surface area (Å²) in [5.41, 5.74) is 5.03. The Labute approximate surface area is 105 Å². The van der Waals surface area contributed by atoms with E-state index >= 15 is 0 Å². The average Bonchev–Trinajstić information content (AvgIpc) is 2.88. The first-order valence-electron chi connectivity index (χ1n) is 6.67. The van der Waals surface area contributed by atoms with Gasteiger partial charge in [0, 0.05) is 12.1 Å². The molecule has 2 aliphatic rings. The molecule has 3 N–H and O–H groups in total. The summed E-state index contributed by atoms with van der Waals surface area (Å²) in [6, 6.07) is 1.37. The summed E-state index contributed by atoms with van der Waals surface area (Å²) in [6.45, 7) is 2.04. The van der Waals surface area contributed by atoms with Crippen LogP contribution in [0.25, 0.3) is 0 Å². The van der Waals surface area contributed by atoms with Gasteiger partial charge in [0.15, 0.2) is 0 Å². The van der Waals surface area contributed by atoms with E-state index in [1.807, 2.05) is 6.92 Å². The molecule has 18 heavy (non-hydrogen) atoms. The number of aromatic amines is 1. The van der Waals surface area contributed by atoms with E-state index in [9.17, 15) is 9.59 Å². The summed E-state index contributed by atoms with van der Waals surface area (Å²) in [5.74, 6) is 2.36. The van der Waals surface area contributed by atoms with Crippen molar-refractivity contribution in [2.24, 2.45) is 17.8 Å². The largest absolute Gasteiger partial charge is 0.385 e. The third-order valence-electron chi connectivity index (χ3n) is 4.83. The molecular formula is C13H19N3O2. The van der Waals surface area contributed by atoms with Crippen molar-refractivity contribution < 1.29 is 0 Å². The summed E-state index contributed by atoms with van der Waals surface area (Å²) >= 11 is 0. The lowest BCUT2D eigenvalue weighted by atomic mass is 9.84. The lowest BCUT2D eigenvalue weighted by molar-refractivity contribution is 0.239. The molecule has 1 heterocycles. The number of fused-ring (bicyclic) bond motifs is 2. The zero-order chi connectivity index (χ0) is 12.9.